The molecule has 0 rings (SSSR count). The molecule has 0 saturated heterocycles. The summed E-state index contributed by atoms with van der Waals surface area (Å²) in [5.74, 6) is -4.18. The number of ketones is 4. The molecule has 88 heavy (non-hydrogen) atoms. The Bertz CT molecular complexity index is 1700. The zero-order chi connectivity index (χ0) is 67.7. The molecule has 0 aromatic heterocycles. The van der Waals surface area contributed by atoms with E-state index in [4.69, 9.17) is 5.48 Å². The monoisotopic (exact) mass is 1240 g/mol. The van der Waals surface area contributed by atoms with Crippen LogP contribution in [0.4, 0.5) is 0 Å². The first-order valence-corrected chi connectivity index (χ1v) is 36.9. The fourth-order valence-corrected chi connectivity index (χ4v) is 11.8. The van der Waals surface area contributed by atoms with Gasteiger partial charge < -0.3 is 30.6 Å². The summed E-state index contributed by atoms with van der Waals surface area (Å²) < 4.78 is 29.1. The first-order chi connectivity index (χ1) is 44.8. The number of hydrogen-bond donors (Lipinski definition) is 6. The molecule has 0 radical (unpaired) electrons. The van der Waals surface area contributed by atoms with Crippen molar-refractivity contribution in [3.63, 3.8) is 0 Å². The van der Waals surface area contributed by atoms with Crippen molar-refractivity contribution in [2.75, 3.05) is 0 Å². The molecule has 10 heteroatoms. The van der Waals surface area contributed by atoms with Gasteiger partial charge in [-0.25, -0.2) is 0 Å². The predicted molar refractivity (Wildman–Crippen MR) is 372 cm³/mol. The number of carbonyl (C=O) groups excluding carboxylic acids is 4. The van der Waals surface area contributed by atoms with Crippen molar-refractivity contribution in [1.82, 2.24) is 0 Å². The lowest BCUT2D eigenvalue weighted by molar-refractivity contribution is -0.225. The van der Waals surface area contributed by atoms with E-state index in [0.717, 1.165) is 205 Å². The van der Waals surface area contributed by atoms with Crippen LogP contribution in [0.1, 0.15) is 393 Å². The largest absolute Gasteiger partial charge is 0.387 e. The smallest absolute Gasteiger partial charge is 0.184 e. The molecule has 0 aliphatic heterocycles. The summed E-state index contributed by atoms with van der Waals surface area (Å²) in [7, 11) is 0. The number of aliphatic hydroxyl groups excluding tert-OH is 4. The minimum atomic E-state index is -3.39. The van der Waals surface area contributed by atoms with E-state index in [1.165, 1.54) is 77.0 Å². The van der Waals surface area contributed by atoms with Crippen molar-refractivity contribution in [3.05, 3.63) is 48.6 Å². The van der Waals surface area contributed by atoms with Gasteiger partial charge >= 0.3 is 0 Å². The van der Waals surface area contributed by atoms with Gasteiger partial charge in [0.1, 0.15) is 12.2 Å². The van der Waals surface area contributed by atoms with Gasteiger partial charge in [-0.15, -0.1) is 0 Å². The van der Waals surface area contributed by atoms with Gasteiger partial charge in [-0.2, -0.15) is 0 Å². The lowest BCUT2D eigenvalue weighted by Crippen LogP contribution is -2.71. The molecule has 10 nitrogen and oxygen atoms in total. The van der Waals surface area contributed by atoms with Gasteiger partial charge in [0.2, 0.25) is 0 Å². The van der Waals surface area contributed by atoms with E-state index >= 15 is 0 Å². The Hall–Kier alpha value is -2.60. The fourth-order valence-electron chi connectivity index (χ4n) is 11.8. The van der Waals surface area contributed by atoms with Crippen LogP contribution in [0.3, 0.4) is 0 Å². The number of unbranched alkanes of at least 4 members (excludes halogenated alkanes) is 44. The van der Waals surface area contributed by atoms with Crippen LogP contribution < -0.4 is 0 Å². The number of Topliss-reactive ketones (excluding diaryl/α,β-unsaturated/α-hetero) is 4. The highest BCUT2D eigenvalue weighted by Gasteiger charge is 2.62. The summed E-state index contributed by atoms with van der Waals surface area (Å²) >= 11 is 0. The first-order valence-electron chi connectivity index (χ1n) is 39.7. The Morgan fingerprint density at radius 2 is 0.443 bits per heavy atom. The molecule has 0 spiro atoms. The molecule has 2 unspecified atom stereocenters. The van der Waals surface area contributed by atoms with E-state index in [9.17, 15) is 49.8 Å². The highest BCUT2D eigenvalue weighted by molar-refractivity contribution is 5.99. The Morgan fingerprint density at radius 1 is 0.273 bits per heavy atom. The van der Waals surface area contributed by atoms with Crippen LogP contribution in [0, 0.1) is 0 Å². The molecule has 0 aromatic carbocycles. The average molecular weight is 1240 g/mol. The van der Waals surface area contributed by atoms with Gasteiger partial charge in [0.05, 0.1) is 0 Å². The maximum absolute atomic E-state index is 14.4. The van der Waals surface area contributed by atoms with Crippen molar-refractivity contribution in [2.45, 2.75) is 423 Å². The molecule has 0 saturated carbocycles. The van der Waals surface area contributed by atoms with Crippen molar-refractivity contribution in [2.24, 2.45) is 0 Å². The van der Waals surface area contributed by atoms with Crippen LogP contribution in [-0.2, 0) is 19.2 Å². The highest BCUT2D eigenvalue weighted by Crippen LogP contribution is 2.33. The second-order valence-corrected chi connectivity index (χ2v) is 25.9. The van der Waals surface area contributed by atoms with Crippen molar-refractivity contribution >= 4 is 23.1 Å². The maximum Gasteiger partial charge on any atom is 0.184 e. The number of aliphatic hydroxyl groups is 6. The number of rotatable bonds is 69. The van der Waals surface area contributed by atoms with E-state index in [1.807, 2.05) is 0 Å². The third-order valence-corrected chi connectivity index (χ3v) is 17.8. The molecule has 6 N–H and O–H groups in total. The fraction of sp³-hybridized carbons (Fsp3) is 0.846. The molecular weight excluding hydrogens is 1100 g/mol. The Labute approximate surface area is 547 Å². The van der Waals surface area contributed by atoms with E-state index in [-0.39, 0.29) is 25.7 Å². The number of allylic oxidation sites excluding steroid dienone is 8. The lowest BCUT2D eigenvalue weighted by Gasteiger charge is -2.43. The quantitative estimate of drug-likeness (QED) is 0.0252. The van der Waals surface area contributed by atoms with E-state index in [1.54, 1.807) is 0 Å². The summed E-state index contributed by atoms with van der Waals surface area (Å²) in [5.41, 5.74) is -6.77. The summed E-state index contributed by atoms with van der Waals surface area (Å²) in [6, 6.07) is 0. The molecule has 0 amide bonds. The molecule has 0 bridgehead atoms. The molecule has 0 aliphatic rings. The molecular formula is C78H142O10. The highest BCUT2D eigenvalue weighted by atomic mass is 16.4. The van der Waals surface area contributed by atoms with Crippen LogP contribution in [-0.4, -0.2) is 89.4 Å². The molecule has 0 aromatic rings. The molecule has 0 fully saturated rings. The van der Waals surface area contributed by atoms with Gasteiger partial charge in [0.15, 0.2) is 46.5 Å². The number of hydrogen-bond acceptors (Lipinski definition) is 10. The minimum Gasteiger partial charge on any atom is -0.387 e. The zero-order valence-corrected chi connectivity index (χ0v) is 56.7. The zero-order valence-electron chi connectivity index (χ0n) is 60.7. The van der Waals surface area contributed by atoms with Crippen molar-refractivity contribution in [3.8, 4) is 0 Å². The molecule has 0 heterocycles. The first kappa shape index (κ1) is 77.8. The summed E-state index contributed by atoms with van der Waals surface area (Å²) in [6.45, 7) is 2.02. The minimum absolute atomic E-state index is 0.229. The van der Waals surface area contributed by atoms with Crippen LogP contribution in [0.15, 0.2) is 48.6 Å². The molecule has 0 aliphatic carbocycles. The molecule has 514 valence electrons. The van der Waals surface area contributed by atoms with Gasteiger partial charge in [0.25, 0.3) is 0 Å². The predicted octanol–water partition coefficient (Wildman–Crippen LogP) is 20.3. The summed E-state index contributed by atoms with van der Waals surface area (Å²) in [5, 5.41) is 72.6. The SMILES string of the molecule is [2H]CCCCCCCC/C=C\CCCCCCCC(=O)C(O)[C@](O)(C(=O)CCCCCCC/C=C\CCCCCCCC[2H])[C@@H](O)[C@H](O)[C@@](O)(C(=O)CCCCCCC/C=C\CCCCCCCC[2H])C(O)C(=O)CCCCCCC/C=C\CCCCCCCC[2H]. The van der Waals surface area contributed by atoms with E-state index in [0.29, 0.717) is 66.1 Å². The van der Waals surface area contributed by atoms with Crippen molar-refractivity contribution in [1.29, 1.82) is 0 Å². The Balaban J connectivity index is 6.10. The third-order valence-electron chi connectivity index (χ3n) is 17.8. The average Bonchev–Trinajstić information content (AvgIpc) is 0.764. The topological polar surface area (TPSA) is 190 Å². The van der Waals surface area contributed by atoms with Gasteiger partial charge in [-0.1, -0.05) is 282 Å². The maximum atomic E-state index is 14.4. The van der Waals surface area contributed by atoms with Gasteiger partial charge in [-0.05, 0) is 128 Å². The Kier molecular flexibility index (Phi) is 54.7. The standard InChI is InChI=1S/C78H142O10/c1-5-9-13-17-21-25-29-33-37-41-45-49-53-57-61-65-69(79)73(83)77(87,71(81)67-63-59-55-51-47-43-39-35-31-27-23-19-15-11-7-3)75(85)76(86)78(88,72(82)68-64-60-56-52-48-44-40-36-32-28-24-20-16-12-8-4)74(84)70(80)66-62-58-54-50-46-42-38-34-30-26-22-18-14-10-6-2/h33-40,73-76,83-88H,5-32,41-68H2,1-4H3/b37-33-,38-34-,39-35-,40-36-/t73?,74?,75-,76-,77+,78+/m0/s1/i1D,2D,3D,4D. The third kappa shape index (κ3) is 44.0. The van der Waals surface area contributed by atoms with Crippen LogP contribution in [0.2, 0.25) is 0 Å². The summed E-state index contributed by atoms with van der Waals surface area (Å²) in [6.07, 6.45) is 55.2. The normalized spacial score (nSPS) is 15.6. The van der Waals surface area contributed by atoms with Crippen LogP contribution in [0.5, 0.6) is 0 Å². The Morgan fingerprint density at radius 3 is 0.648 bits per heavy atom. The summed E-state index contributed by atoms with van der Waals surface area (Å²) in [4.78, 5) is 56.5. The van der Waals surface area contributed by atoms with Crippen LogP contribution >= 0.6 is 0 Å². The second kappa shape index (κ2) is 61.9. The van der Waals surface area contributed by atoms with Gasteiger partial charge in [0, 0.05) is 31.2 Å². The molecule has 6 atom stereocenters. The lowest BCUT2D eigenvalue weighted by atomic mass is 9.71. The van der Waals surface area contributed by atoms with Crippen molar-refractivity contribution < 1.29 is 55.3 Å². The van der Waals surface area contributed by atoms with Gasteiger partial charge in [-0.3, -0.25) is 19.2 Å². The van der Waals surface area contributed by atoms with E-state index < -0.39 is 71.6 Å². The van der Waals surface area contributed by atoms with E-state index in [2.05, 4.69) is 48.6 Å². The number of carbonyl (C=O) groups is 4. The second-order valence-electron chi connectivity index (χ2n) is 25.9. The van der Waals surface area contributed by atoms with Crippen LogP contribution in [0.25, 0.3) is 0 Å².